The van der Waals surface area contributed by atoms with Crippen LogP contribution >= 0.6 is 0 Å². The predicted octanol–water partition coefficient (Wildman–Crippen LogP) is 2.27. The first-order valence-corrected chi connectivity index (χ1v) is 8.07. The third-order valence-electron chi connectivity index (χ3n) is 4.47. The molecule has 2 aromatic rings. The summed E-state index contributed by atoms with van der Waals surface area (Å²) in [4.78, 5) is 16.7. The fourth-order valence-electron chi connectivity index (χ4n) is 3.14. The number of aliphatic hydroxyl groups excluding tert-OH is 1. The van der Waals surface area contributed by atoms with E-state index in [1.165, 1.54) is 6.07 Å². The Morgan fingerprint density at radius 1 is 1.22 bits per heavy atom. The number of aliphatic hydroxyl groups is 1. The van der Waals surface area contributed by atoms with Crippen LogP contribution in [-0.2, 0) is 6.42 Å². The Kier molecular flexibility index (Phi) is 4.39. The van der Waals surface area contributed by atoms with E-state index in [0.29, 0.717) is 12.1 Å². The monoisotopic (exact) mass is 314 g/mol. The average molecular weight is 314 g/mol. The van der Waals surface area contributed by atoms with E-state index in [1.807, 2.05) is 31.2 Å². The zero-order valence-electron chi connectivity index (χ0n) is 13.2. The van der Waals surface area contributed by atoms with E-state index >= 15 is 0 Å². The summed E-state index contributed by atoms with van der Waals surface area (Å²) in [6, 6.07) is 9.19. The highest BCUT2D eigenvalue weighted by molar-refractivity contribution is 5.68. The van der Waals surface area contributed by atoms with Crippen LogP contribution in [-0.4, -0.2) is 34.4 Å². The van der Waals surface area contributed by atoms with Crippen molar-refractivity contribution >= 4 is 5.69 Å². The lowest BCUT2D eigenvalue weighted by Crippen LogP contribution is -2.35. The molecule has 0 unspecified atom stereocenters. The maximum absolute atomic E-state index is 11.7. The molecule has 0 saturated carbocycles. The number of hydrogen-bond donors (Lipinski definition) is 3. The molecule has 0 spiro atoms. The van der Waals surface area contributed by atoms with Gasteiger partial charge in [-0.3, -0.25) is 4.79 Å². The fraction of sp³-hybridized carbons (Fsp3) is 0.389. The number of aromatic hydroxyl groups is 1. The second kappa shape index (κ2) is 6.46. The summed E-state index contributed by atoms with van der Waals surface area (Å²) in [5.74, 6) is 0.0420. The van der Waals surface area contributed by atoms with Crippen LogP contribution in [0.4, 0.5) is 5.69 Å². The topological polar surface area (TPSA) is 76.6 Å². The lowest BCUT2D eigenvalue weighted by molar-refractivity contribution is 0.145. The molecular weight excluding hydrogens is 292 g/mol. The molecule has 1 aliphatic heterocycles. The van der Waals surface area contributed by atoms with Crippen LogP contribution in [0.1, 0.15) is 25.3 Å². The lowest BCUT2D eigenvalue weighted by atomic mass is 10.0. The number of hydrogen-bond acceptors (Lipinski definition) is 4. The molecule has 0 atom stereocenters. The van der Waals surface area contributed by atoms with Crippen molar-refractivity contribution < 1.29 is 10.2 Å². The minimum Gasteiger partial charge on any atom is -0.507 e. The van der Waals surface area contributed by atoms with Crippen LogP contribution in [0.3, 0.4) is 0 Å². The summed E-state index contributed by atoms with van der Waals surface area (Å²) < 4.78 is 0. The molecule has 23 heavy (non-hydrogen) atoms. The molecule has 2 heterocycles. The largest absolute Gasteiger partial charge is 0.507 e. The Morgan fingerprint density at radius 2 is 1.87 bits per heavy atom. The van der Waals surface area contributed by atoms with Gasteiger partial charge in [-0.2, -0.15) is 0 Å². The fourth-order valence-corrected chi connectivity index (χ4v) is 3.14. The summed E-state index contributed by atoms with van der Waals surface area (Å²) in [6.07, 6.45) is 2.04. The molecule has 3 N–H and O–H groups in total. The SMILES string of the molecule is CCc1c(O)cc(=O)[nH]c1-c1ccc(N2CCC(O)CC2)cc1. The molecule has 0 amide bonds. The number of rotatable bonds is 3. The second-order valence-electron chi connectivity index (χ2n) is 5.99. The number of benzene rings is 1. The molecule has 5 nitrogen and oxygen atoms in total. The van der Waals surface area contributed by atoms with Gasteiger partial charge in [-0.25, -0.2) is 0 Å². The minimum atomic E-state index is -0.302. The first-order valence-electron chi connectivity index (χ1n) is 8.07. The molecule has 0 bridgehead atoms. The number of nitrogens with zero attached hydrogens (tertiary/aromatic N) is 1. The quantitative estimate of drug-likeness (QED) is 0.812. The molecule has 5 heteroatoms. The van der Waals surface area contributed by atoms with Gasteiger partial charge in [-0.15, -0.1) is 0 Å². The normalized spacial score (nSPS) is 15.8. The highest BCUT2D eigenvalue weighted by Gasteiger charge is 2.17. The van der Waals surface area contributed by atoms with Gasteiger partial charge in [0.1, 0.15) is 5.75 Å². The molecule has 1 aromatic heterocycles. The van der Waals surface area contributed by atoms with Crippen molar-refractivity contribution in [3.8, 4) is 17.0 Å². The maximum atomic E-state index is 11.7. The van der Waals surface area contributed by atoms with Crippen molar-refractivity contribution in [3.63, 3.8) is 0 Å². The van der Waals surface area contributed by atoms with E-state index in [4.69, 9.17) is 0 Å². The van der Waals surface area contributed by atoms with Gasteiger partial charge < -0.3 is 20.1 Å². The van der Waals surface area contributed by atoms with Gasteiger partial charge in [-0.1, -0.05) is 19.1 Å². The zero-order chi connectivity index (χ0) is 16.4. The van der Waals surface area contributed by atoms with Gasteiger partial charge in [0.15, 0.2) is 0 Å². The Bertz CT molecular complexity index is 729. The summed E-state index contributed by atoms with van der Waals surface area (Å²) in [5, 5.41) is 19.6. The Hall–Kier alpha value is -2.27. The summed E-state index contributed by atoms with van der Waals surface area (Å²) in [5.41, 5.74) is 3.12. The molecular formula is C18H22N2O3. The smallest absolute Gasteiger partial charge is 0.252 e. The van der Waals surface area contributed by atoms with Crippen LogP contribution in [0, 0.1) is 0 Å². The number of anilines is 1. The van der Waals surface area contributed by atoms with Crippen LogP contribution in [0.5, 0.6) is 5.75 Å². The highest BCUT2D eigenvalue weighted by atomic mass is 16.3. The third kappa shape index (κ3) is 3.24. The van der Waals surface area contributed by atoms with E-state index in [-0.39, 0.29) is 17.4 Å². The molecule has 3 rings (SSSR count). The van der Waals surface area contributed by atoms with Gasteiger partial charge in [0.05, 0.1) is 11.8 Å². The number of nitrogens with one attached hydrogen (secondary N) is 1. The number of pyridine rings is 1. The zero-order valence-corrected chi connectivity index (χ0v) is 13.2. The Morgan fingerprint density at radius 3 is 2.48 bits per heavy atom. The molecule has 1 saturated heterocycles. The van der Waals surface area contributed by atoms with Crippen LogP contribution in [0.2, 0.25) is 0 Å². The third-order valence-corrected chi connectivity index (χ3v) is 4.47. The van der Waals surface area contributed by atoms with Gasteiger partial charge in [0.25, 0.3) is 5.56 Å². The van der Waals surface area contributed by atoms with Gasteiger partial charge >= 0.3 is 0 Å². The van der Waals surface area contributed by atoms with Crippen molar-refractivity contribution in [1.29, 1.82) is 0 Å². The van der Waals surface area contributed by atoms with Gasteiger partial charge in [0, 0.05) is 30.4 Å². The molecule has 0 radical (unpaired) electrons. The lowest BCUT2D eigenvalue weighted by Gasteiger charge is -2.31. The van der Waals surface area contributed by atoms with Crippen LogP contribution in [0.25, 0.3) is 11.3 Å². The minimum absolute atomic E-state index is 0.0420. The molecule has 1 aliphatic rings. The van der Waals surface area contributed by atoms with Crippen molar-refractivity contribution in [2.45, 2.75) is 32.3 Å². The van der Waals surface area contributed by atoms with E-state index in [1.54, 1.807) is 0 Å². The van der Waals surface area contributed by atoms with Crippen LogP contribution in [0.15, 0.2) is 35.1 Å². The van der Waals surface area contributed by atoms with E-state index in [2.05, 4.69) is 9.88 Å². The predicted molar refractivity (Wildman–Crippen MR) is 91.0 cm³/mol. The van der Waals surface area contributed by atoms with Crippen molar-refractivity contribution in [1.82, 2.24) is 4.98 Å². The molecule has 122 valence electrons. The first-order chi connectivity index (χ1) is 11.1. The highest BCUT2D eigenvalue weighted by Crippen LogP contribution is 2.29. The van der Waals surface area contributed by atoms with Crippen LogP contribution < -0.4 is 10.5 Å². The van der Waals surface area contributed by atoms with E-state index in [9.17, 15) is 15.0 Å². The number of H-pyrrole nitrogens is 1. The van der Waals surface area contributed by atoms with Crippen molar-refractivity contribution in [3.05, 3.63) is 46.2 Å². The molecule has 1 fully saturated rings. The van der Waals surface area contributed by atoms with E-state index < -0.39 is 0 Å². The standard InChI is InChI=1S/C18H22N2O3/c1-2-15-16(22)11-17(23)19-18(15)12-3-5-13(6-4-12)20-9-7-14(21)8-10-20/h3-6,11,14,21H,2,7-10H2,1H3,(H2,19,22,23). The summed E-state index contributed by atoms with van der Waals surface area (Å²) in [6.45, 7) is 3.65. The summed E-state index contributed by atoms with van der Waals surface area (Å²) in [7, 11) is 0. The van der Waals surface area contributed by atoms with E-state index in [0.717, 1.165) is 42.7 Å². The first kappa shape index (κ1) is 15.6. The van der Waals surface area contributed by atoms with Gasteiger partial charge in [-0.05, 0) is 37.0 Å². The summed E-state index contributed by atoms with van der Waals surface area (Å²) >= 11 is 0. The number of piperidine rings is 1. The van der Waals surface area contributed by atoms with Gasteiger partial charge in [0.2, 0.25) is 0 Å². The average Bonchev–Trinajstić information content (AvgIpc) is 2.55. The van der Waals surface area contributed by atoms with Crippen molar-refractivity contribution in [2.75, 3.05) is 18.0 Å². The Labute approximate surface area is 135 Å². The van der Waals surface area contributed by atoms with Crippen molar-refractivity contribution in [2.24, 2.45) is 0 Å². The Balaban J connectivity index is 1.90. The number of aromatic nitrogens is 1. The maximum Gasteiger partial charge on any atom is 0.252 e. The second-order valence-corrected chi connectivity index (χ2v) is 5.99. The number of aromatic amines is 1. The molecule has 0 aliphatic carbocycles. The molecule has 1 aromatic carbocycles.